The van der Waals surface area contributed by atoms with Crippen molar-refractivity contribution in [2.24, 2.45) is 0 Å². The number of rotatable bonds is 5. The topological polar surface area (TPSA) is 77.8 Å². The summed E-state index contributed by atoms with van der Waals surface area (Å²) < 4.78 is 11.0. The van der Waals surface area contributed by atoms with Gasteiger partial charge in [-0.25, -0.2) is 4.79 Å². The lowest BCUT2D eigenvalue weighted by Crippen LogP contribution is -2.30. The summed E-state index contributed by atoms with van der Waals surface area (Å²) in [6.45, 7) is 1.82. The van der Waals surface area contributed by atoms with Crippen molar-refractivity contribution in [3.8, 4) is 0 Å². The molecule has 8 heteroatoms. The summed E-state index contributed by atoms with van der Waals surface area (Å²) in [5, 5.41) is -0.0778. The average molecular weight is 383 g/mol. The molecule has 2 heterocycles. The van der Waals surface area contributed by atoms with Gasteiger partial charge in [-0.15, -0.1) is 0 Å². The summed E-state index contributed by atoms with van der Waals surface area (Å²) >= 11 is 6.29. The summed E-state index contributed by atoms with van der Waals surface area (Å²) in [4.78, 5) is 39.0. The Balaban J connectivity index is 2.74. The first-order valence-electron chi connectivity index (χ1n) is 8.24. The molecule has 142 valence electrons. The van der Waals surface area contributed by atoms with E-state index in [1.807, 2.05) is 32.1 Å². The quantitative estimate of drug-likeness (QED) is 0.726. The number of hydrogen-bond donors (Lipinski definition) is 0. The second-order valence-electron chi connectivity index (χ2n) is 6.32. The highest BCUT2D eigenvalue weighted by atomic mass is 35.5. The van der Waals surface area contributed by atoms with Crippen LogP contribution in [0.2, 0.25) is 5.02 Å². The van der Waals surface area contributed by atoms with Crippen LogP contribution in [0.15, 0.2) is 17.1 Å². The van der Waals surface area contributed by atoms with E-state index in [-0.39, 0.29) is 5.02 Å². The van der Waals surface area contributed by atoms with E-state index in [2.05, 4.69) is 0 Å². The van der Waals surface area contributed by atoms with Crippen molar-refractivity contribution in [1.82, 2.24) is 9.47 Å². The molecular weight excluding hydrogens is 360 g/mol. The first-order valence-corrected chi connectivity index (χ1v) is 8.62. The van der Waals surface area contributed by atoms with Crippen molar-refractivity contribution < 1.29 is 19.1 Å². The van der Waals surface area contributed by atoms with Gasteiger partial charge in [-0.05, 0) is 23.6 Å². The maximum absolute atomic E-state index is 12.9. The van der Waals surface area contributed by atoms with E-state index in [9.17, 15) is 14.4 Å². The van der Waals surface area contributed by atoms with Crippen molar-refractivity contribution in [3.63, 3.8) is 0 Å². The van der Waals surface area contributed by atoms with Gasteiger partial charge in [-0.1, -0.05) is 18.5 Å². The lowest BCUT2D eigenvalue weighted by Gasteiger charge is -2.18. The Morgan fingerprint density at radius 1 is 1.38 bits per heavy atom. The van der Waals surface area contributed by atoms with Crippen molar-refractivity contribution >= 4 is 29.1 Å². The molecule has 0 aromatic carbocycles. The highest BCUT2D eigenvalue weighted by Crippen LogP contribution is 2.38. The van der Waals surface area contributed by atoms with Crippen LogP contribution in [-0.2, 0) is 19.1 Å². The van der Waals surface area contributed by atoms with Gasteiger partial charge in [0, 0.05) is 26.7 Å². The third-order valence-corrected chi connectivity index (χ3v) is 4.80. The first-order chi connectivity index (χ1) is 12.3. The number of esters is 2. The van der Waals surface area contributed by atoms with E-state index in [0.717, 1.165) is 5.57 Å². The van der Waals surface area contributed by atoms with Gasteiger partial charge in [0.15, 0.2) is 0 Å². The van der Waals surface area contributed by atoms with Crippen LogP contribution in [0.5, 0.6) is 0 Å². The Hall–Kier alpha value is -2.28. The molecule has 1 aliphatic rings. The molecular formula is C18H23ClN2O5. The van der Waals surface area contributed by atoms with E-state index in [4.69, 9.17) is 21.1 Å². The highest BCUT2D eigenvalue weighted by Gasteiger charge is 2.36. The molecule has 1 aromatic rings. The van der Waals surface area contributed by atoms with Crippen LogP contribution in [-0.4, -0.2) is 49.7 Å². The molecule has 26 heavy (non-hydrogen) atoms. The van der Waals surface area contributed by atoms with Crippen molar-refractivity contribution in [2.75, 3.05) is 28.3 Å². The van der Waals surface area contributed by atoms with Gasteiger partial charge < -0.3 is 14.4 Å². The van der Waals surface area contributed by atoms with Crippen LogP contribution in [0.25, 0.3) is 5.57 Å². The standard InChI is InChI=1S/C18H23ClN2O5/c1-6-11(17(23)25-4)12-8-13-10(9-20(2)3)7-14(18(24)26-5)21(13)16(22)15(12)19/h8-9,11,14H,6-7H2,1-5H3/b10-9+. The largest absolute Gasteiger partial charge is 0.469 e. The maximum atomic E-state index is 12.9. The third kappa shape index (κ3) is 3.49. The smallest absolute Gasteiger partial charge is 0.329 e. The minimum Gasteiger partial charge on any atom is -0.469 e. The van der Waals surface area contributed by atoms with Gasteiger partial charge in [0.2, 0.25) is 0 Å². The molecule has 0 fully saturated rings. The molecule has 0 spiro atoms. The van der Waals surface area contributed by atoms with Crippen LogP contribution >= 0.6 is 11.6 Å². The number of allylic oxidation sites excluding steroid dienone is 1. The number of pyridine rings is 1. The zero-order chi connectivity index (χ0) is 19.6. The zero-order valence-electron chi connectivity index (χ0n) is 15.5. The molecule has 0 aliphatic carbocycles. The number of carbonyl (C=O) groups excluding carboxylic acids is 2. The van der Waals surface area contributed by atoms with Crippen molar-refractivity contribution in [3.05, 3.63) is 38.9 Å². The molecule has 0 saturated carbocycles. The van der Waals surface area contributed by atoms with Crippen LogP contribution in [0.4, 0.5) is 0 Å². The Bertz CT molecular complexity index is 813. The predicted molar refractivity (Wildman–Crippen MR) is 98.1 cm³/mol. The summed E-state index contributed by atoms with van der Waals surface area (Å²) in [6, 6.07) is 0.922. The molecule has 2 rings (SSSR count). The monoisotopic (exact) mass is 382 g/mol. The third-order valence-electron chi connectivity index (χ3n) is 4.42. The van der Waals surface area contributed by atoms with Gasteiger partial charge in [-0.2, -0.15) is 0 Å². The van der Waals surface area contributed by atoms with E-state index in [1.54, 1.807) is 6.07 Å². The van der Waals surface area contributed by atoms with Crippen LogP contribution < -0.4 is 5.56 Å². The Morgan fingerprint density at radius 2 is 2.04 bits per heavy atom. The van der Waals surface area contributed by atoms with Crippen LogP contribution in [0.3, 0.4) is 0 Å². The fraction of sp³-hybridized carbons (Fsp3) is 0.500. The SMILES string of the molecule is CCC(C(=O)OC)c1cc2n(c(=O)c1Cl)C(C(=O)OC)C/C2=C\N(C)C. The Labute approximate surface area is 157 Å². The number of methoxy groups -OCH3 is 2. The normalized spacial score (nSPS) is 18.4. The van der Waals surface area contributed by atoms with Gasteiger partial charge in [0.05, 0.1) is 25.8 Å². The van der Waals surface area contributed by atoms with E-state index in [0.29, 0.717) is 24.1 Å². The lowest BCUT2D eigenvalue weighted by molar-refractivity contribution is -0.144. The van der Waals surface area contributed by atoms with E-state index >= 15 is 0 Å². The molecule has 0 bridgehead atoms. The number of aromatic nitrogens is 1. The van der Waals surface area contributed by atoms with Gasteiger partial charge in [0.25, 0.3) is 5.56 Å². The zero-order valence-corrected chi connectivity index (χ0v) is 16.3. The maximum Gasteiger partial charge on any atom is 0.329 e. The second kappa shape index (κ2) is 7.95. The van der Waals surface area contributed by atoms with E-state index in [1.165, 1.54) is 18.8 Å². The van der Waals surface area contributed by atoms with Crippen molar-refractivity contribution in [1.29, 1.82) is 0 Å². The molecule has 0 amide bonds. The first kappa shape index (κ1) is 20.0. The summed E-state index contributed by atoms with van der Waals surface area (Å²) in [7, 11) is 6.27. The minimum absolute atomic E-state index is 0.0778. The minimum atomic E-state index is -0.779. The summed E-state index contributed by atoms with van der Waals surface area (Å²) in [5.41, 5.74) is 1.24. The number of halogens is 1. The Kier molecular flexibility index (Phi) is 6.13. The Morgan fingerprint density at radius 3 is 2.54 bits per heavy atom. The average Bonchev–Trinajstić information content (AvgIpc) is 2.96. The fourth-order valence-electron chi connectivity index (χ4n) is 3.24. The molecule has 1 aliphatic heterocycles. The van der Waals surface area contributed by atoms with Crippen LogP contribution in [0.1, 0.15) is 43.0 Å². The molecule has 2 atom stereocenters. The number of hydrogen-bond acceptors (Lipinski definition) is 6. The molecule has 0 N–H and O–H groups in total. The number of nitrogens with zero attached hydrogens (tertiary/aromatic N) is 2. The molecule has 0 radical (unpaired) electrons. The molecule has 7 nitrogen and oxygen atoms in total. The summed E-state index contributed by atoms with van der Waals surface area (Å²) in [6.07, 6.45) is 2.59. The van der Waals surface area contributed by atoms with Gasteiger partial charge in [-0.3, -0.25) is 14.2 Å². The van der Waals surface area contributed by atoms with Crippen molar-refractivity contribution in [2.45, 2.75) is 31.7 Å². The second-order valence-corrected chi connectivity index (χ2v) is 6.70. The van der Waals surface area contributed by atoms with Crippen LogP contribution in [0, 0.1) is 0 Å². The number of fused-ring (bicyclic) bond motifs is 1. The fourth-order valence-corrected chi connectivity index (χ4v) is 3.52. The molecule has 2 unspecified atom stereocenters. The summed E-state index contributed by atoms with van der Waals surface area (Å²) in [5.74, 6) is -1.62. The van der Waals surface area contributed by atoms with E-state index < -0.39 is 29.5 Å². The predicted octanol–water partition coefficient (Wildman–Crippen LogP) is 2.19. The van der Waals surface area contributed by atoms with Gasteiger partial charge in [0.1, 0.15) is 11.1 Å². The number of carbonyl (C=O) groups is 2. The molecule has 1 aromatic heterocycles. The number of ether oxygens (including phenoxy) is 2. The highest BCUT2D eigenvalue weighted by molar-refractivity contribution is 6.31. The van der Waals surface area contributed by atoms with Gasteiger partial charge >= 0.3 is 11.9 Å². The lowest BCUT2D eigenvalue weighted by atomic mass is 9.96. The molecule has 0 saturated heterocycles.